The summed E-state index contributed by atoms with van der Waals surface area (Å²) in [7, 11) is 0. The van der Waals surface area contributed by atoms with Crippen LogP contribution in [0.15, 0.2) is 41.9 Å². The van der Waals surface area contributed by atoms with Gasteiger partial charge in [-0.2, -0.15) is 0 Å². The van der Waals surface area contributed by atoms with Gasteiger partial charge < -0.3 is 10.1 Å². The van der Waals surface area contributed by atoms with E-state index in [9.17, 15) is 4.39 Å². The quantitative estimate of drug-likeness (QED) is 0.620. The Morgan fingerprint density at radius 2 is 2.17 bits per heavy atom. The summed E-state index contributed by atoms with van der Waals surface area (Å²) in [6, 6.07) is 8.57. The maximum absolute atomic E-state index is 13.5. The summed E-state index contributed by atoms with van der Waals surface area (Å²) in [5, 5.41) is 5.22. The molecule has 23 heavy (non-hydrogen) atoms. The third-order valence-corrected chi connectivity index (χ3v) is 5.16. The molecule has 0 aliphatic rings. The maximum Gasteiger partial charge on any atom is 0.183 e. The Bertz CT molecular complexity index is 761. The molecule has 3 aromatic rings. The van der Waals surface area contributed by atoms with Crippen LogP contribution in [-0.4, -0.2) is 11.6 Å². The first-order valence-corrected chi connectivity index (χ1v) is 9.07. The number of aromatic nitrogens is 1. The molecule has 0 bridgehead atoms. The van der Waals surface area contributed by atoms with E-state index in [1.165, 1.54) is 28.3 Å². The Morgan fingerprint density at radius 3 is 2.91 bits per heavy atom. The molecule has 0 radical (unpaired) electrons. The van der Waals surface area contributed by atoms with E-state index in [-0.39, 0.29) is 5.82 Å². The molecule has 0 saturated carbocycles. The van der Waals surface area contributed by atoms with Crippen molar-refractivity contribution in [3.63, 3.8) is 0 Å². The van der Waals surface area contributed by atoms with Gasteiger partial charge in [-0.1, -0.05) is 17.7 Å². The van der Waals surface area contributed by atoms with Crippen LogP contribution in [0.2, 0.25) is 4.47 Å². The summed E-state index contributed by atoms with van der Waals surface area (Å²) in [6.07, 6.45) is 2.54. The Morgan fingerprint density at radius 1 is 1.26 bits per heavy atom. The standard InChI is InChI=1S/C16H14ClFN2OS2/c17-16-20-10-13(23-16)9-19-14-8-11(18)3-4-15(14)21-6-5-12-2-1-7-22-12/h1-4,7-8,10,19H,5-6,9H2. The number of halogens is 2. The van der Waals surface area contributed by atoms with Crippen molar-refractivity contribution in [3.8, 4) is 5.75 Å². The topological polar surface area (TPSA) is 34.1 Å². The van der Waals surface area contributed by atoms with Crippen molar-refractivity contribution in [2.24, 2.45) is 0 Å². The first-order valence-electron chi connectivity index (χ1n) is 6.99. The van der Waals surface area contributed by atoms with Crippen LogP contribution in [0, 0.1) is 5.82 Å². The van der Waals surface area contributed by atoms with Crippen molar-refractivity contribution in [2.45, 2.75) is 13.0 Å². The number of anilines is 1. The molecule has 1 aromatic carbocycles. The normalized spacial score (nSPS) is 10.7. The van der Waals surface area contributed by atoms with Gasteiger partial charge in [0, 0.05) is 28.4 Å². The van der Waals surface area contributed by atoms with Gasteiger partial charge >= 0.3 is 0 Å². The number of thiophene rings is 1. The van der Waals surface area contributed by atoms with E-state index in [4.69, 9.17) is 16.3 Å². The van der Waals surface area contributed by atoms with Crippen LogP contribution in [0.3, 0.4) is 0 Å². The van der Waals surface area contributed by atoms with Gasteiger partial charge in [-0.25, -0.2) is 9.37 Å². The van der Waals surface area contributed by atoms with Crippen molar-refractivity contribution >= 4 is 40.0 Å². The smallest absolute Gasteiger partial charge is 0.183 e. The lowest BCUT2D eigenvalue weighted by atomic mass is 10.2. The van der Waals surface area contributed by atoms with Gasteiger partial charge in [0.15, 0.2) is 4.47 Å². The van der Waals surface area contributed by atoms with Crippen molar-refractivity contribution in [2.75, 3.05) is 11.9 Å². The number of hydrogen-bond donors (Lipinski definition) is 1. The van der Waals surface area contributed by atoms with E-state index < -0.39 is 0 Å². The number of thiazole rings is 1. The second kappa shape index (κ2) is 7.77. The average molecular weight is 369 g/mol. The number of nitrogens with zero attached hydrogens (tertiary/aromatic N) is 1. The van der Waals surface area contributed by atoms with Crippen LogP contribution < -0.4 is 10.1 Å². The molecule has 3 rings (SSSR count). The van der Waals surface area contributed by atoms with E-state index in [2.05, 4.69) is 16.4 Å². The number of benzene rings is 1. The lowest BCUT2D eigenvalue weighted by Crippen LogP contribution is -2.05. The zero-order chi connectivity index (χ0) is 16.1. The second-order valence-electron chi connectivity index (χ2n) is 4.75. The predicted molar refractivity (Wildman–Crippen MR) is 94.4 cm³/mol. The van der Waals surface area contributed by atoms with E-state index in [0.717, 1.165) is 11.3 Å². The molecule has 0 aliphatic heterocycles. The molecule has 0 spiro atoms. The molecule has 7 heteroatoms. The fourth-order valence-corrected chi connectivity index (χ4v) is 3.64. The molecule has 0 unspecified atom stereocenters. The third-order valence-electron chi connectivity index (χ3n) is 3.11. The third kappa shape index (κ3) is 4.67. The molecule has 120 valence electrons. The monoisotopic (exact) mass is 368 g/mol. The van der Waals surface area contributed by atoms with Crippen LogP contribution in [0.4, 0.5) is 10.1 Å². The molecule has 0 fully saturated rings. The van der Waals surface area contributed by atoms with Crippen LogP contribution in [0.25, 0.3) is 0 Å². The Hall–Kier alpha value is -1.63. The Labute approximate surface area is 146 Å². The minimum Gasteiger partial charge on any atom is -0.491 e. The number of rotatable bonds is 7. The molecule has 3 nitrogen and oxygen atoms in total. The fourth-order valence-electron chi connectivity index (χ4n) is 2.03. The van der Waals surface area contributed by atoms with Crippen molar-refractivity contribution in [3.05, 3.63) is 61.9 Å². The molecule has 0 amide bonds. The first kappa shape index (κ1) is 16.2. The minimum absolute atomic E-state index is 0.305. The molecule has 0 atom stereocenters. The Balaban J connectivity index is 1.62. The van der Waals surface area contributed by atoms with Gasteiger partial charge in [-0.3, -0.25) is 0 Å². The van der Waals surface area contributed by atoms with Crippen molar-refractivity contribution in [1.29, 1.82) is 0 Å². The predicted octanol–water partition coefficient (Wildman–Crippen LogP) is 5.23. The molecule has 0 saturated heterocycles. The highest BCUT2D eigenvalue weighted by Gasteiger charge is 2.07. The van der Waals surface area contributed by atoms with E-state index in [0.29, 0.717) is 29.1 Å². The summed E-state index contributed by atoms with van der Waals surface area (Å²) >= 11 is 8.90. The van der Waals surface area contributed by atoms with Crippen LogP contribution in [0.1, 0.15) is 9.75 Å². The molecular formula is C16H14ClFN2OS2. The summed E-state index contributed by atoms with van der Waals surface area (Å²) in [5.74, 6) is 0.332. The van der Waals surface area contributed by atoms with Gasteiger partial charge in [0.2, 0.25) is 0 Å². The SMILES string of the molecule is Fc1ccc(OCCc2cccs2)c(NCc2cnc(Cl)s2)c1. The summed E-state index contributed by atoms with van der Waals surface area (Å²) in [6.45, 7) is 1.07. The fraction of sp³-hybridized carbons (Fsp3) is 0.188. The summed E-state index contributed by atoms with van der Waals surface area (Å²) in [5.41, 5.74) is 0.626. The lowest BCUT2D eigenvalue weighted by molar-refractivity contribution is 0.324. The highest BCUT2D eigenvalue weighted by molar-refractivity contribution is 7.15. The van der Waals surface area contributed by atoms with E-state index in [1.54, 1.807) is 23.6 Å². The number of nitrogens with one attached hydrogen (secondary N) is 1. The second-order valence-corrected chi connectivity index (χ2v) is 7.48. The summed E-state index contributed by atoms with van der Waals surface area (Å²) < 4.78 is 19.8. The molecular weight excluding hydrogens is 355 g/mol. The molecule has 2 aromatic heterocycles. The zero-order valence-electron chi connectivity index (χ0n) is 12.1. The minimum atomic E-state index is -0.305. The summed E-state index contributed by atoms with van der Waals surface area (Å²) in [4.78, 5) is 6.23. The van der Waals surface area contributed by atoms with Crippen molar-refractivity contribution in [1.82, 2.24) is 4.98 Å². The van der Waals surface area contributed by atoms with Crippen LogP contribution >= 0.6 is 34.3 Å². The zero-order valence-corrected chi connectivity index (χ0v) is 14.5. The highest BCUT2D eigenvalue weighted by Crippen LogP contribution is 2.27. The molecule has 2 heterocycles. The Kier molecular flexibility index (Phi) is 5.48. The highest BCUT2D eigenvalue weighted by atomic mass is 35.5. The first-order chi connectivity index (χ1) is 11.2. The van der Waals surface area contributed by atoms with Gasteiger partial charge in [0.25, 0.3) is 0 Å². The van der Waals surface area contributed by atoms with Gasteiger partial charge in [0.05, 0.1) is 18.8 Å². The maximum atomic E-state index is 13.5. The van der Waals surface area contributed by atoms with Gasteiger partial charge in [0.1, 0.15) is 11.6 Å². The van der Waals surface area contributed by atoms with Crippen molar-refractivity contribution < 1.29 is 9.13 Å². The van der Waals surface area contributed by atoms with Gasteiger partial charge in [-0.05, 0) is 23.6 Å². The van der Waals surface area contributed by atoms with Gasteiger partial charge in [-0.15, -0.1) is 22.7 Å². The largest absolute Gasteiger partial charge is 0.491 e. The lowest BCUT2D eigenvalue weighted by Gasteiger charge is -2.12. The van der Waals surface area contributed by atoms with Crippen LogP contribution in [-0.2, 0) is 13.0 Å². The van der Waals surface area contributed by atoms with Crippen LogP contribution in [0.5, 0.6) is 5.75 Å². The molecule has 0 aliphatic carbocycles. The van der Waals surface area contributed by atoms with E-state index >= 15 is 0 Å². The number of ether oxygens (including phenoxy) is 1. The number of hydrogen-bond acceptors (Lipinski definition) is 5. The van der Waals surface area contributed by atoms with E-state index in [1.807, 2.05) is 11.4 Å². The average Bonchev–Trinajstić information content (AvgIpc) is 3.19. The molecule has 1 N–H and O–H groups in total.